The van der Waals surface area contributed by atoms with Crippen molar-refractivity contribution in [2.24, 2.45) is 0 Å². The number of nitrogens with zero attached hydrogens (tertiary/aromatic N) is 1. The molecule has 0 aliphatic rings. The molecule has 1 aromatic carbocycles. The molecule has 0 spiro atoms. The number of carboxylic acids is 1. The number of fused-ring (bicyclic) bond motifs is 1. The van der Waals surface area contributed by atoms with Gasteiger partial charge in [-0.15, -0.1) is 0 Å². The number of para-hydroxylation sites is 1. The van der Waals surface area contributed by atoms with Crippen LogP contribution in [0, 0.1) is 0 Å². The second-order valence-electron chi connectivity index (χ2n) is 5.14. The van der Waals surface area contributed by atoms with Crippen LogP contribution in [0.5, 0.6) is 0 Å². The third-order valence-corrected chi connectivity index (χ3v) is 3.51. The molecule has 2 aromatic heterocycles. The number of H-pyrrole nitrogens is 1. The Morgan fingerprint density at radius 1 is 1.48 bits per heavy atom. The zero-order chi connectivity index (χ0) is 14.9. The summed E-state index contributed by atoms with van der Waals surface area (Å²) in [5.74, 6) is -0.967. The van der Waals surface area contributed by atoms with Gasteiger partial charge in [0.25, 0.3) is 6.01 Å². The van der Waals surface area contributed by atoms with Gasteiger partial charge < -0.3 is 19.8 Å². The molecule has 0 aliphatic carbocycles. The van der Waals surface area contributed by atoms with Crippen molar-refractivity contribution >= 4 is 22.9 Å². The van der Waals surface area contributed by atoms with Crippen LogP contribution in [-0.2, 0) is 11.2 Å². The molecule has 0 saturated carbocycles. The van der Waals surface area contributed by atoms with E-state index in [9.17, 15) is 9.90 Å². The fraction of sp³-hybridized carbons (Fsp3) is 0.200. The zero-order valence-corrected chi connectivity index (χ0v) is 11.5. The van der Waals surface area contributed by atoms with Gasteiger partial charge in [-0.2, -0.15) is 0 Å². The molecular formula is C15H15N3O3. The number of hydrogen-bond acceptors (Lipinski definition) is 4. The highest BCUT2D eigenvalue weighted by atomic mass is 16.4. The van der Waals surface area contributed by atoms with E-state index in [2.05, 4.69) is 15.3 Å². The lowest BCUT2D eigenvalue weighted by atomic mass is 9.93. The summed E-state index contributed by atoms with van der Waals surface area (Å²) in [6, 6.07) is 7.98. The molecular weight excluding hydrogens is 270 g/mol. The molecule has 3 N–H and O–H groups in total. The van der Waals surface area contributed by atoms with E-state index in [1.807, 2.05) is 30.5 Å². The number of rotatable bonds is 5. The van der Waals surface area contributed by atoms with Crippen LogP contribution in [0.25, 0.3) is 10.9 Å². The Kier molecular flexibility index (Phi) is 3.13. The smallest absolute Gasteiger partial charge is 0.329 e. The standard InChI is InChI=1S/C15H15N3O3/c1-15(13(19)20,18-14-16-6-7-21-14)8-10-9-17-12-5-3-2-4-11(10)12/h2-7,9,17H,8H2,1H3,(H,16,18)(H,19,20)/t15-/m0/s1. The molecule has 108 valence electrons. The number of hydrogen-bond donors (Lipinski definition) is 3. The van der Waals surface area contributed by atoms with Crippen molar-refractivity contribution in [1.29, 1.82) is 0 Å². The quantitative estimate of drug-likeness (QED) is 0.670. The summed E-state index contributed by atoms with van der Waals surface area (Å²) in [5.41, 5.74) is 0.696. The van der Waals surface area contributed by atoms with Crippen LogP contribution in [0.15, 0.2) is 47.3 Å². The second-order valence-corrected chi connectivity index (χ2v) is 5.14. The van der Waals surface area contributed by atoms with Gasteiger partial charge in [-0.1, -0.05) is 18.2 Å². The van der Waals surface area contributed by atoms with E-state index in [-0.39, 0.29) is 6.01 Å². The van der Waals surface area contributed by atoms with Gasteiger partial charge >= 0.3 is 5.97 Å². The maximum absolute atomic E-state index is 11.7. The predicted molar refractivity (Wildman–Crippen MR) is 78.2 cm³/mol. The molecule has 0 amide bonds. The summed E-state index contributed by atoms with van der Waals surface area (Å²) in [7, 11) is 0. The number of carboxylic acid groups (broad SMARTS) is 1. The van der Waals surface area contributed by atoms with Crippen LogP contribution in [0.3, 0.4) is 0 Å². The van der Waals surface area contributed by atoms with E-state index in [1.165, 1.54) is 12.5 Å². The average molecular weight is 285 g/mol. The zero-order valence-electron chi connectivity index (χ0n) is 11.5. The summed E-state index contributed by atoms with van der Waals surface area (Å²) in [5, 5.41) is 13.4. The van der Waals surface area contributed by atoms with Gasteiger partial charge in [0.05, 0.1) is 6.20 Å². The van der Waals surface area contributed by atoms with Gasteiger partial charge in [0, 0.05) is 23.5 Å². The topological polar surface area (TPSA) is 91.2 Å². The highest BCUT2D eigenvalue weighted by Crippen LogP contribution is 2.25. The number of aromatic nitrogens is 2. The lowest BCUT2D eigenvalue weighted by molar-refractivity contribution is -0.141. The van der Waals surface area contributed by atoms with E-state index in [0.717, 1.165) is 16.5 Å². The fourth-order valence-electron chi connectivity index (χ4n) is 2.35. The number of aromatic amines is 1. The Hall–Kier alpha value is -2.76. The highest BCUT2D eigenvalue weighted by Gasteiger charge is 2.35. The Morgan fingerprint density at radius 2 is 2.29 bits per heavy atom. The van der Waals surface area contributed by atoms with Crippen molar-refractivity contribution in [1.82, 2.24) is 9.97 Å². The van der Waals surface area contributed by atoms with Gasteiger partial charge in [0.1, 0.15) is 11.8 Å². The Morgan fingerprint density at radius 3 is 3.00 bits per heavy atom. The second kappa shape index (κ2) is 4.97. The molecule has 0 aliphatic heterocycles. The number of anilines is 1. The molecule has 0 fully saturated rings. The number of benzene rings is 1. The molecule has 0 unspecified atom stereocenters. The minimum absolute atomic E-state index is 0.194. The summed E-state index contributed by atoms with van der Waals surface area (Å²) in [6.45, 7) is 1.61. The SMILES string of the molecule is C[C@@](Cc1c[nH]c2ccccc12)(Nc1ncco1)C(=O)O. The molecule has 6 nitrogen and oxygen atoms in total. The lowest BCUT2D eigenvalue weighted by Gasteiger charge is -2.25. The summed E-state index contributed by atoms with van der Waals surface area (Å²) in [4.78, 5) is 18.7. The van der Waals surface area contributed by atoms with Gasteiger partial charge in [-0.05, 0) is 18.6 Å². The van der Waals surface area contributed by atoms with Crippen LogP contribution in [0.2, 0.25) is 0 Å². The summed E-state index contributed by atoms with van der Waals surface area (Å²) in [6.07, 6.45) is 5.00. The third-order valence-electron chi connectivity index (χ3n) is 3.51. The van der Waals surface area contributed by atoms with Crippen LogP contribution in [-0.4, -0.2) is 26.6 Å². The minimum Gasteiger partial charge on any atom is -0.480 e. The molecule has 0 radical (unpaired) electrons. The molecule has 3 rings (SSSR count). The van der Waals surface area contributed by atoms with Gasteiger partial charge in [-0.3, -0.25) is 0 Å². The Balaban J connectivity index is 1.93. The van der Waals surface area contributed by atoms with Crippen LogP contribution < -0.4 is 5.32 Å². The van der Waals surface area contributed by atoms with E-state index in [0.29, 0.717) is 6.42 Å². The van der Waals surface area contributed by atoms with Crippen molar-refractivity contribution in [3.63, 3.8) is 0 Å². The first-order chi connectivity index (χ1) is 10.1. The van der Waals surface area contributed by atoms with Gasteiger partial charge in [0.2, 0.25) is 0 Å². The first-order valence-electron chi connectivity index (χ1n) is 6.54. The molecule has 21 heavy (non-hydrogen) atoms. The van der Waals surface area contributed by atoms with Crippen molar-refractivity contribution in [3.05, 3.63) is 48.5 Å². The van der Waals surface area contributed by atoms with Crippen LogP contribution in [0.1, 0.15) is 12.5 Å². The molecule has 1 atom stereocenters. The molecule has 2 heterocycles. The molecule has 0 saturated heterocycles. The Labute approximate surface area is 120 Å². The lowest BCUT2D eigenvalue weighted by Crippen LogP contribution is -2.45. The first kappa shape index (κ1) is 13.2. The number of carbonyl (C=O) groups is 1. The number of oxazole rings is 1. The van der Waals surface area contributed by atoms with E-state index < -0.39 is 11.5 Å². The largest absolute Gasteiger partial charge is 0.480 e. The van der Waals surface area contributed by atoms with Gasteiger partial charge in [0.15, 0.2) is 0 Å². The predicted octanol–water partition coefficient (Wildman–Crippen LogP) is 2.65. The van der Waals surface area contributed by atoms with E-state index in [1.54, 1.807) is 6.92 Å². The maximum Gasteiger partial charge on any atom is 0.329 e. The Bertz CT molecular complexity index is 763. The normalized spacial score (nSPS) is 14.0. The monoisotopic (exact) mass is 285 g/mol. The first-order valence-corrected chi connectivity index (χ1v) is 6.54. The molecule has 0 bridgehead atoms. The maximum atomic E-state index is 11.7. The fourth-order valence-corrected chi connectivity index (χ4v) is 2.35. The van der Waals surface area contributed by atoms with Crippen molar-refractivity contribution in [2.75, 3.05) is 5.32 Å². The van der Waals surface area contributed by atoms with Crippen molar-refractivity contribution in [2.45, 2.75) is 18.9 Å². The van der Waals surface area contributed by atoms with Crippen molar-refractivity contribution < 1.29 is 14.3 Å². The minimum atomic E-state index is -1.21. The average Bonchev–Trinajstić information content (AvgIpc) is 3.09. The van der Waals surface area contributed by atoms with E-state index in [4.69, 9.17) is 4.42 Å². The number of nitrogens with one attached hydrogen (secondary N) is 2. The molecule has 3 aromatic rings. The molecule has 6 heteroatoms. The third kappa shape index (κ3) is 2.47. The summed E-state index contributed by atoms with van der Waals surface area (Å²) >= 11 is 0. The van der Waals surface area contributed by atoms with Gasteiger partial charge in [-0.25, -0.2) is 9.78 Å². The number of aliphatic carboxylic acids is 1. The van der Waals surface area contributed by atoms with E-state index >= 15 is 0 Å². The summed E-state index contributed by atoms with van der Waals surface area (Å²) < 4.78 is 5.09. The van der Waals surface area contributed by atoms with Crippen LogP contribution >= 0.6 is 0 Å². The highest BCUT2D eigenvalue weighted by molar-refractivity contribution is 5.86. The van der Waals surface area contributed by atoms with Crippen LogP contribution in [0.4, 0.5) is 6.01 Å². The van der Waals surface area contributed by atoms with Crippen molar-refractivity contribution in [3.8, 4) is 0 Å².